The van der Waals surface area contributed by atoms with E-state index in [2.05, 4.69) is 4.98 Å². The van der Waals surface area contributed by atoms with Crippen LogP contribution in [0.2, 0.25) is 0 Å². The van der Waals surface area contributed by atoms with Crippen molar-refractivity contribution in [2.75, 3.05) is 0 Å². The Balaban J connectivity index is 1.52. The Morgan fingerprint density at radius 3 is 2.89 bits per heavy atom. The van der Waals surface area contributed by atoms with Crippen molar-refractivity contribution >= 4 is 5.97 Å². The van der Waals surface area contributed by atoms with Gasteiger partial charge < -0.3 is 14.6 Å². The van der Waals surface area contributed by atoms with Gasteiger partial charge in [-0.05, 0) is 67.9 Å². The summed E-state index contributed by atoms with van der Waals surface area (Å²) in [6.07, 6.45) is 6.93. The van der Waals surface area contributed by atoms with E-state index in [9.17, 15) is 9.18 Å². The number of carbonyl (C=O) groups is 1. The Bertz CT molecular complexity index is 850. The van der Waals surface area contributed by atoms with E-state index in [4.69, 9.17) is 14.6 Å². The highest BCUT2D eigenvalue weighted by atomic mass is 19.1. The van der Waals surface area contributed by atoms with Crippen molar-refractivity contribution < 1.29 is 23.8 Å². The second-order valence-corrected chi connectivity index (χ2v) is 7.21. The first kappa shape index (κ1) is 17.8. The summed E-state index contributed by atoms with van der Waals surface area (Å²) in [5, 5.41) is 8.82. The van der Waals surface area contributed by atoms with Gasteiger partial charge in [0.25, 0.3) is 0 Å². The Morgan fingerprint density at radius 2 is 2.15 bits per heavy atom. The highest BCUT2D eigenvalue weighted by Crippen LogP contribution is 2.35. The molecule has 0 unspecified atom stereocenters. The molecule has 2 aromatic rings. The number of halogens is 1. The molecule has 1 saturated carbocycles. The largest absolute Gasteiger partial charge is 0.490 e. The monoisotopic (exact) mass is 371 g/mol. The van der Waals surface area contributed by atoms with E-state index in [1.165, 1.54) is 12.6 Å². The van der Waals surface area contributed by atoms with Gasteiger partial charge in [-0.25, -0.2) is 4.98 Å². The molecule has 6 heteroatoms. The number of carboxylic acid groups (broad SMARTS) is 1. The summed E-state index contributed by atoms with van der Waals surface area (Å²) in [7, 11) is 0. The molecule has 0 amide bonds. The number of aliphatic carboxylic acids is 1. The van der Waals surface area contributed by atoms with Crippen LogP contribution in [0.3, 0.4) is 0 Å². The van der Waals surface area contributed by atoms with E-state index in [1.54, 1.807) is 6.07 Å². The normalized spacial score (nSPS) is 18.9. The van der Waals surface area contributed by atoms with Gasteiger partial charge in [0, 0.05) is 12.0 Å². The van der Waals surface area contributed by atoms with Crippen molar-refractivity contribution in [1.29, 1.82) is 0 Å². The average Bonchev–Trinajstić information content (AvgIpc) is 2.63. The molecule has 2 aliphatic rings. The molecule has 1 aliphatic carbocycles. The molecule has 1 aromatic heterocycles. The van der Waals surface area contributed by atoms with Crippen molar-refractivity contribution in [1.82, 2.24) is 4.98 Å². The molecule has 0 radical (unpaired) electrons. The summed E-state index contributed by atoms with van der Waals surface area (Å²) in [6.45, 7) is 0. The number of carboxylic acids is 1. The number of rotatable bonds is 6. The van der Waals surface area contributed by atoms with Crippen molar-refractivity contribution in [2.24, 2.45) is 0 Å². The van der Waals surface area contributed by atoms with Crippen LogP contribution in [0.15, 0.2) is 30.5 Å². The van der Waals surface area contributed by atoms with E-state index >= 15 is 0 Å². The standard InChI is InChI=1S/C21H22FNO4/c22-21-18(11-17(12-23-21)26-15-2-1-3-15)13-5-8-19-14(10-13)4-6-16(27-19)7-9-20(24)25/h5,8,10-12,15-16H,1-4,6-7,9H2,(H,24,25)/t16-/m1/s1. The summed E-state index contributed by atoms with van der Waals surface area (Å²) < 4.78 is 26.0. The molecule has 0 saturated heterocycles. The molecule has 142 valence electrons. The number of hydrogen-bond acceptors (Lipinski definition) is 4. The first-order valence-corrected chi connectivity index (χ1v) is 9.42. The molecule has 1 N–H and O–H groups in total. The minimum atomic E-state index is -0.813. The minimum Gasteiger partial charge on any atom is -0.490 e. The number of benzene rings is 1. The molecule has 27 heavy (non-hydrogen) atoms. The van der Waals surface area contributed by atoms with Crippen LogP contribution in [0.4, 0.5) is 4.39 Å². The Labute approximate surface area is 157 Å². The van der Waals surface area contributed by atoms with Gasteiger partial charge in [0.05, 0.1) is 18.4 Å². The molecule has 0 spiro atoms. The summed E-state index contributed by atoms with van der Waals surface area (Å²) in [4.78, 5) is 14.6. The summed E-state index contributed by atoms with van der Waals surface area (Å²) >= 11 is 0. The van der Waals surface area contributed by atoms with E-state index in [-0.39, 0.29) is 18.6 Å². The van der Waals surface area contributed by atoms with E-state index in [1.807, 2.05) is 18.2 Å². The maximum atomic E-state index is 14.3. The van der Waals surface area contributed by atoms with Crippen molar-refractivity contribution in [3.63, 3.8) is 0 Å². The van der Waals surface area contributed by atoms with Gasteiger partial charge in [0.15, 0.2) is 0 Å². The van der Waals surface area contributed by atoms with Crippen LogP contribution in [0.5, 0.6) is 11.5 Å². The molecule has 1 atom stereocenters. The summed E-state index contributed by atoms with van der Waals surface area (Å²) in [6, 6.07) is 7.28. The Kier molecular flexibility index (Phi) is 4.97. The molecular weight excluding hydrogens is 349 g/mol. The van der Waals surface area contributed by atoms with Crippen LogP contribution in [0, 0.1) is 5.95 Å². The van der Waals surface area contributed by atoms with Crippen LogP contribution in [-0.2, 0) is 11.2 Å². The third kappa shape index (κ3) is 4.04. The quantitative estimate of drug-likeness (QED) is 0.764. The third-order valence-corrected chi connectivity index (χ3v) is 5.25. The van der Waals surface area contributed by atoms with Gasteiger partial charge in [-0.3, -0.25) is 4.79 Å². The van der Waals surface area contributed by atoms with E-state index < -0.39 is 11.9 Å². The number of aromatic nitrogens is 1. The first-order chi connectivity index (χ1) is 13.1. The molecular formula is C21H22FNO4. The predicted octanol–water partition coefficient (Wildman–Crippen LogP) is 4.38. The molecule has 4 rings (SSSR count). The minimum absolute atomic E-state index is 0.0861. The average molecular weight is 371 g/mol. The number of fused-ring (bicyclic) bond motifs is 1. The maximum absolute atomic E-state index is 14.3. The van der Waals surface area contributed by atoms with Gasteiger partial charge in [0.1, 0.15) is 11.5 Å². The predicted molar refractivity (Wildman–Crippen MR) is 97.5 cm³/mol. The first-order valence-electron chi connectivity index (χ1n) is 9.42. The van der Waals surface area contributed by atoms with Gasteiger partial charge in [0.2, 0.25) is 5.95 Å². The molecule has 1 aliphatic heterocycles. The second-order valence-electron chi connectivity index (χ2n) is 7.21. The summed E-state index contributed by atoms with van der Waals surface area (Å²) in [5.41, 5.74) is 2.16. The fourth-order valence-corrected chi connectivity index (χ4v) is 3.48. The highest BCUT2D eigenvalue weighted by molar-refractivity contribution is 5.67. The lowest BCUT2D eigenvalue weighted by atomic mass is 9.95. The zero-order valence-electron chi connectivity index (χ0n) is 15.0. The van der Waals surface area contributed by atoms with Crippen LogP contribution < -0.4 is 9.47 Å². The maximum Gasteiger partial charge on any atom is 0.303 e. The third-order valence-electron chi connectivity index (χ3n) is 5.25. The van der Waals surface area contributed by atoms with E-state index in [0.717, 1.165) is 42.6 Å². The lowest BCUT2D eigenvalue weighted by Crippen LogP contribution is -2.24. The fraction of sp³-hybridized carbons (Fsp3) is 0.429. The van der Waals surface area contributed by atoms with E-state index in [0.29, 0.717) is 17.7 Å². The molecule has 2 heterocycles. The van der Waals surface area contributed by atoms with Crippen molar-refractivity contribution in [3.05, 3.63) is 42.0 Å². The Morgan fingerprint density at radius 1 is 1.30 bits per heavy atom. The Hall–Kier alpha value is -2.63. The van der Waals surface area contributed by atoms with Crippen LogP contribution in [0.1, 0.15) is 44.1 Å². The summed E-state index contributed by atoms with van der Waals surface area (Å²) in [5.74, 6) is 0.00753. The zero-order valence-corrected chi connectivity index (χ0v) is 15.0. The van der Waals surface area contributed by atoms with Crippen molar-refractivity contribution in [2.45, 2.75) is 57.2 Å². The van der Waals surface area contributed by atoms with Gasteiger partial charge in [-0.2, -0.15) is 4.39 Å². The highest BCUT2D eigenvalue weighted by Gasteiger charge is 2.23. The van der Waals surface area contributed by atoms with Gasteiger partial charge in [-0.15, -0.1) is 0 Å². The molecule has 0 bridgehead atoms. The van der Waals surface area contributed by atoms with Crippen LogP contribution >= 0.6 is 0 Å². The molecule has 1 aromatic carbocycles. The number of aryl methyl sites for hydroxylation is 1. The SMILES string of the molecule is O=C(O)CC[C@H]1CCc2cc(-c3cc(OC4CCC4)cnc3F)ccc2O1. The topological polar surface area (TPSA) is 68.7 Å². The van der Waals surface area contributed by atoms with Crippen molar-refractivity contribution in [3.8, 4) is 22.6 Å². The van der Waals surface area contributed by atoms with Crippen LogP contribution in [-0.4, -0.2) is 28.3 Å². The second kappa shape index (κ2) is 7.55. The fourth-order valence-electron chi connectivity index (χ4n) is 3.48. The molecule has 1 fully saturated rings. The zero-order chi connectivity index (χ0) is 18.8. The molecule has 5 nitrogen and oxygen atoms in total. The lowest BCUT2D eigenvalue weighted by molar-refractivity contribution is -0.137. The van der Waals surface area contributed by atoms with Gasteiger partial charge in [-0.1, -0.05) is 6.07 Å². The lowest BCUT2D eigenvalue weighted by Gasteiger charge is -2.27. The number of pyridine rings is 1. The number of hydrogen-bond donors (Lipinski definition) is 1. The van der Waals surface area contributed by atoms with Crippen LogP contribution in [0.25, 0.3) is 11.1 Å². The smallest absolute Gasteiger partial charge is 0.303 e. The van der Waals surface area contributed by atoms with Gasteiger partial charge >= 0.3 is 5.97 Å². The number of nitrogens with zero attached hydrogens (tertiary/aromatic N) is 1. The number of ether oxygens (including phenoxy) is 2.